The number of unbranched alkanes of at least 4 members (excludes halogenated alkanes) is 3. The average molecular weight is 441 g/mol. The predicted molar refractivity (Wildman–Crippen MR) is 122 cm³/mol. The summed E-state index contributed by atoms with van der Waals surface area (Å²) in [6.07, 6.45) is 5.02. The summed E-state index contributed by atoms with van der Waals surface area (Å²) < 4.78 is 25.9. The second-order valence-corrected chi connectivity index (χ2v) is 28.2. The highest BCUT2D eigenvalue weighted by Crippen LogP contribution is 2.27. The van der Waals surface area contributed by atoms with Crippen LogP contribution in [-0.4, -0.2) is 43.0 Å². The van der Waals surface area contributed by atoms with Crippen molar-refractivity contribution in [3.8, 4) is 0 Å². The second kappa shape index (κ2) is 10.5. The lowest BCUT2D eigenvalue weighted by atomic mass is 10.2. The van der Waals surface area contributed by atoms with E-state index in [9.17, 15) is 0 Å². The van der Waals surface area contributed by atoms with Gasteiger partial charge in [-0.3, -0.25) is 0 Å². The van der Waals surface area contributed by atoms with Crippen LogP contribution in [0, 0.1) is 0 Å². The van der Waals surface area contributed by atoms with Crippen LogP contribution in [0.4, 0.5) is 0 Å². The Kier molecular flexibility index (Phi) is 10.9. The minimum Gasteiger partial charge on any atom is -0.439 e. The molecule has 9 heteroatoms. The third kappa shape index (κ3) is 14.6. The number of rotatable bonds is 13. The Labute approximate surface area is 163 Å². The highest BCUT2D eigenvalue weighted by Gasteiger charge is 2.43. The van der Waals surface area contributed by atoms with Crippen molar-refractivity contribution in [2.75, 3.05) is 0 Å². The molecule has 2 atom stereocenters. The van der Waals surface area contributed by atoms with E-state index in [1.54, 1.807) is 0 Å². The highest BCUT2D eigenvalue weighted by molar-refractivity contribution is 6.88. The number of hydrogen-bond donors (Lipinski definition) is 0. The van der Waals surface area contributed by atoms with E-state index in [2.05, 4.69) is 72.4 Å². The molecule has 0 saturated carbocycles. The summed E-state index contributed by atoms with van der Waals surface area (Å²) in [4.78, 5) is 0. The first-order chi connectivity index (χ1) is 11.1. The molecule has 0 heterocycles. The van der Waals surface area contributed by atoms with Crippen LogP contribution < -0.4 is 0 Å². The third-order valence-electron chi connectivity index (χ3n) is 3.44. The van der Waals surface area contributed by atoms with E-state index in [1.165, 1.54) is 25.7 Å². The van der Waals surface area contributed by atoms with Gasteiger partial charge < -0.3 is 16.5 Å². The van der Waals surface area contributed by atoms with Crippen LogP contribution in [0.2, 0.25) is 71.5 Å². The lowest BCUT2D eigenvalue weighted by Crippen LogP contribution is -2.56. The van der Waals surface area contributed by atoms with Gasteiger partial charge in [0.1, 0.15) is 0 Å². The van der Waals surface area contributed by atoms with Crippen molar-refractivity contribution >= 4 is 43.0 Å². The summed E-state index contributed by atoms with van der Waals surface area (Å²) in [5.74, 6) is 0. The Bertz CT molecular complexity index is 382. The monoisotopic (exact) mass is 440 g/mol. The molecule has 0 aromatic carbocycles. The van der Waals surface area contributed by atoms with E-state index in [4.69, 9.17) is 16.5 Å². The maximum atomic E-state index is 6.71. The Morgan fingerprint density at radius 1 is 0.680 bits per heavy atom. The molecule has 0 aliphatic carbocycles. The van der Waals surface area contributed by atoms with Crippen molar-refractivity contribution in [3.05, 3.63) is 0 Å². The molecule has 0 radical (unpaired) electrons. The smallest absolute Gasteiger partial charge is 0.315 e. The molecular weight excluding hydrogens is 397 g/mol. The third-order valence-corrected chi connectivity index (χ3v) is 20.3. The quantitative estimate of drug-likeness (QED) is 0.263. The van der Waals surface area contributed by atoms with Crippen molar-refractivity contribution in [1.82, 2.24) is 0 Å². The van der Waals surface area contributed by atoms with Crippen LogP contribution in [0.1, 0.15) is 32.6 Å². The van der Waals surface area contributed by atoms with E-state index in [1.807, 2.05) is 0 Å². The van der Waals surface area contributed by atoms with Crippen LogP contribution in [0.3, 0.4) is 0 Å². The van der Waals surface area contributed by atoms with Gasteiger partial charge in [0, 0.05) is 0 Å². The highest BCUT2D eigenvalue weighted by atomic mass is 28.5. The lowest BCUT2D eigenvalue weighted by molar-refractivity contribution is 0.305. The van der Waals surface area contributed by atoms with Gasteiger partial charge in [-0.05, 0) is 71.5 Å². The topological polar surface area (TPSA) is 36.9 Å². The molecule has 0 aliphatic heterocycles. The molecule has 0 fully saturated rings. The molecule has 0 N–H and O–H groups in total. The van der Waals surface area contributed by atoms with Gasteiger partial charge in [-0.2, -0.15) is 0 Å². The van der Waals surface area contributed by atoms with Crippen molar-refractivity contribution in [2.45, 2.75) is 104 Å². The van der Waals surface area contributed by atoms with Gasteiger partial charge in [0.15, 0.2) is 16.6 Å². The standard InChI is InChI=1S/C16H44O4Si5/c1-12-13-14-15-16-25(11,19-23(6,7)8)20-24(9,10)18-21(2)17-22(3,4)5/h21H,12-16H2,1-11H3. The molecule has 0 aromatic rings. The fourth-order valence-corrected chi connectivity index (χ4v) is 23.1. The zero-order valence-electron chi connectivity index (χ0n) is 18.7. The van der Waals surface area contributed by atoms with E-state index in [-0.39, 0.29) is 0 Å². The molecule has 0 amide bonds. The van der Waals surface area contributed by atoms with Gasteiger partial charge in [-0.15, -0.1) is 0 Å². The van der Waals surface area contributed by atoms with Crippen LogP contribution in [0.5, 0.6) is 0 Å². The predicted octanol–water partition coefficient (Wildman–Crippen LogP) is 5.93. The van der Waals surface area contributed by atoms with Gasteiger partial charge in [0.2, 0.25) is 0 Å². The zero-order valence-corrected chi connectivity index (χ0v) is 23.9. The molecule has 152 valence electrons. The number of hydrogen-bond acceptors (Lipinski definition) is 4. The SMILES string of the molecule is CCCCCC[Si](C)(O[Si](C)(C)C)O[Si](C)(C)O[SiH](C)O[Si](C)(C)C. The molecule has 25 heavy (non-hydrogen) atoms. The molecule has 0 rings (SSSR count). The van der Waals surface area contributed by atoms with Crippen LogP contribution >= 0.6 is 0 Å². The first-order valence-corrected chi connectivity index (χ1v) is 24.1. The zero-order chi connectivity index (χ0) is 19.9. The average Bonchev–Trinajstić information content (AvgIpc) is 2.27. The van der Waals surface area contributed by atoms with E-state index in [0.717, 1.165) is 6.04 Å². The van der Waals surface area contributed by atoms with E-state index >= 15 is 0 Å². The van der Waals surface area contributed by atoms with E-state index in [0.29, 0.717) is 0 Å². The summed E-state index contributed by atoms with van der Waals surface area (Å²) >= 11 is 0. The first-order valence-electron chi connectivity index (χ1n) is 9.83. The molecule has 0 aliphatic rings. The normalized spacial score (nSPS) is 17.4. The van der Waals surface area contributed by atoms with Crippen molar-refractivity contribution < 1.29 is 16.5 Å². The Hall–Kier alpha value is 0.924. The molecule has 4 nitrogen and oxygen atoms in total. The van der Waals surface area contributed by atoms with E-state index < -0.39 is 43.0 Å². The molecule has 0 spiro atoms. The van der Waals surface area contributed by atoms with Crippen LogP contribution in [-0.2, 0) is 16.5 Å². The van der Waals surface area contributed by atoms with Gasteiger partial charge in [0.25, 0.3) is 9.28 Å². The van der Waals surface area contributed by atoms with Crippen LogP contribution in [0.15, 0.2) is 0 Å². The molecule has 2 unspecified atom stereocenters. The first kappa shape index (κ1) is 25.9. The summed E-state index contributed by atoms with van der Waals surface area (Å²) in [7, 11) is -9.33. The summed E-state index contributed by atoms with van der Waals surface area (Å²) in [5.41, 5.74) is 0. The van der Waals surface area contributed by atoms with Crippen molar-refractivity contribution in [1.29, 1.82) is 0 Å². The fraction of sp³-hybridized carbons (Fsp3) is 1.00. The van der Waals surface area contributed by atoms with Gasteiger partial charge >= 0.3 is 17.1 Å². The lowest BCUT2D eigenvalue weighted by Gasteiger charge is -2.40. The minimum absolute atomic E-state index is 1.07. The Morgan fingerprint density at radius 2 is 1.24 bits per heavy atom. The summed E-state index contributed by atoms with van der Waals surface area (Å²) in [6.45, 7) is 24.4. The molecular formula is C16H44O4Si5. The minimum atomic E-state index is -2.25. The van der Waals surface area contributed by atoms with Crippen molar-refractivity contribution in [3.63, 3.8) is 0 Å². The van der Waals surface area contributed by atoms with Gasteiger partial charge in [0.05, 0.1) is 0 Å². The molecule has 0 aromatic heterocycles. The summed E-state index contributed by atoms with van der Waals surface area (Å²) in [5, 5.41) is 0. The summed E-state index contributed by atoms with van der Waals surface area (Å²) in [6, 6.07) is 1.07. The molecule has 0 saturated heterocycles. The van der Waals surface area contributed by atoms with Crippen LogP contribution in [0.25, 0.3) is 0 Å². The van der Waals surface area contributed by atoms with Gasteiger partial charge in [-0.1, -0.05) is 32.6 Å². The van der Waals surface area contributed by atoms with Gasteiger partial charge in [-0.25, -0.2) is 0 Å². The Morgan fingerprint density at radius 3 is 1.68 bits per heavy atom. The molecule has 0 bridgehead atoms. The Balaban J connectivity index is 4.94. The largest absolute Gasteiger partial charge is 0.439 e. The fourth-order valence-electron chi connectivity index (χ4n) is 3.11. The second-order valence-electron chi connectivity index (χ2n) is 9.58. The van der Waals surface area contributed by atoms with Crippen molar-refractivity contribution in [2.24, 2.45) is 0 Å². The maximum Gasteiger partial charge on any atom is 0.315 e. The maximum absolute atomic E-state index is 6.71.